The van der Waals surface area contributed by atoms with E-state index in [4.69, 9.17) is 19.4 Å². The molecule has 1 aromatic heterocycles. The van der Waals surface area contributed by atoms with E-state index in [2.05, 4.69) is 34.1 Å². The van der Waals surface area contributed by atoms with Gasteiger partial charge in [0.05, 0.1) is 11.1 Å². The second-order valence-corrected chi connectivity index (χ2v) is 13.4. The molecule has 8 rings (SSSR count). The number of piperazine rings is 1. The Labute approximate surface area is 267 Å². The fourth-order valence-corrected chi connectivity index (χ4v) is 8.48. The maximum absolute atomic E-state index is 13.0. The molecule has 0 spiro atoms. The molecule has 1 amide bonds. The van der Waals surface area contributed by atoms with Gasteiger partial charge in [0.2, 0.25) is 0 Å². The van der Waals surface area contributed by atoms with Crippen LogP contribution in [0.15, 0.2) is 54.6 Å². The van der Waals surface area contributed by atoms with Crippen LogP contribution in [0.1, 0.15) is 45.4 Å². The molecule has 238 valence electrons. The lowest BCUT2D eigenvalue weighted by Crippen LogP contribution is -2.57. The van der Waals surface area contributed by atoms with Crippen molar-refractivity contribution in [1.29, 1.82) is 0 Å². The van der Waals surface area contributed by atoms with Crippen molar-refractivity contribution in [2.75, 3.05) is 44.3 Å². The lowest BCUT2D eigenvalue weighted by Gasteiger charge is -2.41. The van der Waals surface area contributed by atoms with Crippen LogP contribution in [-0.4, -0.2) is 93.8 Å². The summed E-state index contributed by atoms with van der Waals surface area (Å²) < 4.78 is 11.6. The van der Waals surface area contributed by atoms with Crippen LogP contribution < -0.4 is 9.64 Å². The summed E-state index contributed by atoms with van der Waals surface area (Å²) in [6, 6.07) is 18.2. The number of nitrogens with zero attached hydrogens (tertiary/aromatic N) is 5. The Balaban J connectivity index is 1.16. The van der Waals surface area contributed by atoms with Gasteiger partial charge in [0.25, 0.3) is 5.91 Å². The summed E-state index contributed by atoms with van der Waals surface area (Å²) >= 11 is 0. The minimum Gasteiger partial charge on any atom is -0.508 e. The number of esters is 1. The fraction of sp³-hybridized carbons (Fsp3) is 0.444. The third kappa shape index (κ3) is 5.08. The van der Waals surface area contributed by atoms with Crippen LogP contribution in [0.25, 0.3) is 32.8 Å². The highest BCUT2D eigenvalue weighted by molar-refractivity contribution is 6.01. The molecule has 1 N–H and O–H groups in total. The molecule has 2 bridgehead atoms. The summed E-state index contributed by atoms with van der Waals surface area (Å²) in [5, 5.41) is 13.5. The number of aromatic nitrogens is 2. The Morgan fingerprint density at radius 2 is 1.72 bits per heavy atom. The Kier molecular flexibility index (Phi) is 7.20. The number of fused-ring (bicyclic) bond motifs is 5. The molecule has 4 saturated heterocycles. The van der Waals surface area contributed by atoms with Crippen LogP contribution >= 0.6 is 0 Å². The molecule has 4 aliphatic heterocycles. The van der Waals surface area contributed by atoms with Gasteiger partial charge in [0.15, 0.2) is 6.61 Å². The molecule has 4 aliphatic rings. The number of carbonyl (C=O) groups is 2. The Hall–Kier alpha value is -4.44. The number of carbonyl (C=O) groups excluding carboxylic acids is 2. The number of amides is 1. The van der Waals surface area contributed by atoms with Crippen molar-refractivity contribution < 1.29 is 24.2 Å². The van der Waals surface area contributed by atoms with Crippen molar-refractivity contribution in [3.05, 3.63) is 54.6 Å². The molecule has 2 unspecified atom stereocenters. The van der Waals surface area contributed by atoms with Crippen molar-refractivity contribution in [3.63, 3.8) is 0 Å². The fourth-order valence-electron chi connectivity index (χ4n) is 8.48. The topological polar surface area (TPSA) is 108 Å². The van der Waals surface area contributed by atoms with E-state index in [1.165, 1.54) is 19.8 Å². The summed E-state index contributed by atoms with van der Waals surface area (Å²) in [4.78, 5) is 41.2. The molecule has 10 nitrogen and oxygen atoms in total. The number of aromatic hydroxyl groups is 1. The third-order valence-electron chi connectivity index (χ3n) is 10.6. The van der Waals surface area contributed by atoms with Crippen molar-refractivity contribution in [2.24, 2.45) is 0 Å². The van der Waals surface area contributed by atoms with Crippen LogP contribution in [0, 0.1) is 0 Å². The predicted octanol–water partition coefficient (Wildman–Crippen LogP) is 4.91. The van der Waals surface area contributed by atoms with Gasteiger partial charge in [0.1, 0.15) is 18.2 Å². The molecule has 10 heteroatoms. The van der Waals surface area contributed by atoms with Gasteiger partial charge in [0, 0.05) is 37.5 Å². The number of hydrogen-bond acceptors (Lipinski definition) is 9. The minimum atomic E-state index is -0.449. The zero-order chi connectivity index (χ0) is 31.4. The van der Waals surface area contributed by atoms with E-state index in [9.17, 15) is 14.7 Å². The second kappa shape index (κ2) is 11.4. The zero-order valence-corrected chi connectivity index (χ0v) is 26.2. The summed E-state index contributed by atoms with van der Waals surface area (Å²) in [5.41, 5.74) is 2.73. The molecule has 5 heterocycles. The van der Waals surface area contributed by atoms with Gasteiger partial charge in [-0.3, -0.25) is 14.5 Å². The number of phenolic OH excluding ortho intramolecular Hbond substituents is 1. The zero-order valence-electron chi connectivity index (χ0n) is 26.2. The third-order valence-corrected chi connectivity index (χ3v) is 10.6. The molecular formula is C36H39N5O5. The molecule has 0 radical (unpaired) electrons. The van der Waals surface area contributed by atoms with Crippen LogP contribution in [0.5, 0.6) is 11.8 Å². The highest BCUT2D eigenvalue weighted by atomic mass is 16.5. The first-order chi connectivity index (χ1) is 22.4. The summed E-state index contributed by atoms with van der Waals surface area (Å²) in [6.45, 7) is 5.18. The number of anilines is 1. The highest BCUT2D eigenvalue weighted by Gasteiger charge is 2.46. The minimum absolute atomic E-state index is 0.0125. The number of benzene rings is 3. The normalized spacial score (nSPS) is 22.0. The van der Waals surface area contributed by atoms with E-state index in [1.54, 1.807) is 12.1 Å². The Morgan fingerprint density at radius 1 is 0.957 bits per heavy atom. The standard InChI is InChI=1S/C36H39N5O5/c1-23(42)45-21-33(44)41-26-9-10-27(41)20-39(19-26)34-30-11-8-25(31-18-28(43)16-24-6-2-3-7-29(24)31)17-32(30)37-35(38-34)46-22-36-12-4-14-40(36)15-5-13-36/h2-3,6-8,11,16-18,26-27,43H,4-5,9-10,12-15,19-22H2,1H3. The molecule has 0 aliphatic carbocycles. The highest BCUT2D eigenvalue weighted by Crippen LogP contribution is 2.41. The number of hydrogen-bond donors (Lipinski definition) is 1. The maximum atomic E-state index is 13.0. The maximum Gasteiger partial charge on any atom is 0.319 e. The monoisotopic (exact) mass is 621 g/mol. The number of ether oxygens (including phenoxy) is 2. The predicted molar refractivity (Wildman–Crippen MR) is 175 cm³/mol. The molecule has 3 aromatic carbocycles. The van der Waals surface area contributed by atoms with Crippen LogP contribution in [0.3, 0.4) is 0 Å². The quantitative estimate of drug-likeness (QED) is 0.288. The van der Waals surface area contributed by atoms with Gasteiger partial charge in [-0.2, -0.15) is 9.97 Å². The number of phenols is 1. The molecule has 4 fully saturated rings. The van der Waals surface area contributed by atoms with Crippen molar-refractivity contribution in [2.45, 2.75) is 63.1 Å². The molecule has 2 atom stereocenters. The van der Waals surface area contributed by atoms with Crippen LogP contribution in [-0.2, 0) is 14.3 Å². The molecule has 0 saturated carbocycles. The lowest BCUT2D eigenvalue weighted by molar-refractivity contribution is -0.151. The van der Waals surface area contributed by atoms with Crippen LogP contribution in [0.2, 0.25) is 0 Å². The Morgan fingerprint density at radius 3 is 2.48 bits per heavy atom. The van der Waals surface area contributed by atoms with Gasteiger partial charge in [-0.25, -0.2) is 0 Å². The van der Waals surface area contributed by atoms with E-state index >= 15 is 0 Å². The average Bonchev–Trinajstić information content (AvgIpc) is 3.72. The van der Waals surface area contributed by atoms with E-state index in [0.717, 1.165) is 77.4 Å². The van der Waals surface area contributed by atoms with Crippen molar-refractivity contribution >= 4 is 39.4 Å². The first kappa shape index (κ1) is 29.0. The molecule has 4 aromatic rings. The molecular weight excluding hydrogens is 582 g/mol. The smallest absolute Gasteiger partial charge is 0.319 e. The van der Waals surface area contributed by atoms with Gasteiger partial charge < -0.3 is 24.4 Å². The van der Waals surface area contributed by atoms with Gasteiger partial charge in [-0.1, -0.05) is 30.3 Å². The summed E-state index contributed by atoms with van der Waals surface area (Å²) in [6.07, 6.45) is 6.44. The van der Waals surface area contributed by atoms with Crippen LogP contribution in [0.4, 0.5) is 5.82 Å². The SMILES string of the molecule is CC(=O)OCC(=O)N1C2CCC1CN(c1nc(OCC34CCCN3CCC4)nc3cc(-c4cc(O)cc5ccccc45)ccc13)C2. The summed E-state index contributed by atoms with van der Waals surface area (Å²) in [7, 11) is 0. The second-order valence-electron chi connectivity index (χ2n) is 13.4. The van der Waals surface area contributed by atoms with Gasteiger partial charge in [-0.05, 0) is 97.8 Å². The largest absolute Gasteiger partial charge is 0.508 e. The van der Waals surface area contributed by atoms with Gasteiger partial charge in [-0.15, -0.1) is 0 Å². The average molecular weight is 622 g/mol. The van der Waals surface area contributed by atoms with Crippen molar-refractivity contribution in [1.82, 2.24) is 19.8 Å². The van der Waals surface area contributed by atoms with E-state index in [1.807, 2.05) is 23.1 Å². The Bertz CT molecular complexity index is 1820. The first-order valence-corrected chi connectivity index (χ1v) is 16.5. The molecule has 46 heavy (non-hydrogen) atoms. The lowest BCUT2D eigenvalue weighted by atomic mass is 9.95. The van der Waals surface area contributed by atoms with Crippen molar-refractivity contribution in [3.8, 4) is 22.9 Å². The van der Waals surface area contributed by atoms with Gasteiger partial charge >= 0.3 is 12.0 Å². The van der Waals surface area contributed by atoms with E-state index in [-0.39, 0.29) is 35.9 Å². The van der Waals surface area contributed by atoms with E-state index in [0.29, 0.717) is 25.7 Å². The number of rotatable bonds is 7. The van der Waals surface area contributed by atoms with E-state index < -0.39 is 5.97 Å². The first-order valence-electron chi connectivity index (χ1n) is 16.5. The summed E-state index contributed by atoms with van der Waals surface area (Å²) in [5.74, 6) is 0.437.